The van der Waals surface area contributed by atoms with E-state index in [2.05, 4.69) is 6.92 Å². The Morgan fingerprint density at radius 3 is 2.48 bits per heavy atom. The van der Waals surface area contributed by atoms with Crippen LogP contribution in [0.4, 0.5) is 0 Å². The Bertz CT molecular complexity index is 1220. The number of aromatic hydroxyl groups is 1. The Hall–Kier alpha value is -2.17. The molecule has 5 N–H and O–H groups in total. The number of methoxy groups -OCH3 is 1. The summed E-state index contributed by atoms with van der Waals surface area (Å²) >= 11 is 0. The molecule has 1 aromatic rings. The summed E-state index contributed by atoms with van der Waals surface area (Å²) in [6, 6.07) is 1.53. The summed E-state index contributed by atoms with van der Waals surface area (Å²) in [6.45, 7) is 7.47. The van der Waals surface area contributed by atoms with E-state index in [1.54, 1.807) is 14.0 Å². The fourth-order valence-corrected chi connectivity index (χ4v) is 8.42. The van der Waals surface area contributed by atoms with Crippen LogP contribution in [0.3, 0.4) is 0 Å². The smallest absolute Gasteiger partial charge is 0.343 e. The molecule has 0 unspecified atom stereocenters. The molecule has 0 amide bonds. The van der Waals surface area contributed by atoms with Gasteiger partial charge in [0.25, 0.3) is 0 Å². The SMILES string of the molecule is CCCCCCC[C@@H]1Cc2cc(O)c(C(=O)O)c3c2[C@H](O1)[C@H]1[C@@H](OC)/C=C(/CO)[C@H]2CC(C)(C)[C@]2(O)[C@@H](O)C[C@]1(C)O3. The van der Waals surface area contributed by atoms with E-state index in [1.165, 1.54) is 12.5 Å². The highest BCUT2D eigenvalue weighted by Gasteiger charge is 2.67. The Morgan fingerprint density at radius 1 is 1.14 bits per heavy atom. The summed E-state index contributed by atoms with van der Waals surface area (Å²) in [4.78, 5) is 12.4. The summed E-state index contributed by atoms with van der Waals surface area (Å²) in [5, 5.41) is 55.3. The Morgan fingerprint density at radius 2 is 1.86 bits per heavy atom. The molecule has 2 heterocycles. The van der Waals surface area contributed by atoms with Crippen LogP contribution < -0.4 is 4.74 Å². The molecule has 4 aliphatic rings. The summed E-state index contributed by atoms with van der Waals surface area (Å²) in [6.07, 6.45) is 6.58. The fourth-order valence-electron chi connectivity index (χ4n) is 8.42. The zero-order chi connectivity index (χ0) is 30.6. The Labute approximate surface area is 248 Å². The number of benzene rings is 1. The maximum atomic E-state index is 12.4. The first kappa shape index (κ1) is 31.3. The molecule has 5 rings (SSSR count). The van der Waals surface area contributed by atoms with Crippen molar-refractivity contribution in [2.75, 3.05) is 13.7 Å². The maximum Gasteiger partial charge on any atom is 0.343 e. The molecule has 0 saturated heterocycles. The van der Waals surface area contributed by atoms with Crippen LogP contribution in [-0.4, -0.2) is 74.7 Å². The quantitative estimate of drug-likeness (QED) is 0.205. The van der Waals surface area contributed by atoms with Crippen molar-refractivity contribution in [2.45, 2.75) is 121 Å². The van der Waals surface area contributed by atoms with E-state index in [-0.39, 0.29) is 36.2 Å². The molecule has 8 atom stereocenters. The minimum absolute atomic E-state index is 0.0362. The van der Waals surface area contributed by atoms with Crippen molar-refractivity contribution in [2.24, 2.45) is 17.3 Å². The van der Waals surface area contributed by atoms with Crippen LogP contribution in [0.15, 0.2) is 17.7 Å². The van der Waals surface area contributed by atoms with E-state index in [0.717, 1.165) is 37.7 Å². The molecule has 1 fully saturated rings. The third-order valence-corrected chi connectivity index (χ3v) is 10.7. The number of rotatable bonds is 9. The lowest BCUT2D eigenvalue weighted by Crippen LogP contribution is -2.69. The maximum absolute atomic E-state index is 12.4. The van der Waals surface area contributed by atoms with Crippen molar-refractivity contribution in [3.63, 3.8) is 0 Å². The molecule has 9 heteroatoms. The molecule has 234 valence electrons. The standard InChI is InChI=1S/C33H48O9/c1-6-7-8-9-10-11-20-12-18-13-22(35)26(30(37)38)28-25(18)29(41-20)27-23(40-5)14-19(17-34)21-15-31(2,3)33(21,39)24(36)16-32(27,4)42-28/h13-14,20-21,23-24,27,29,34-36,39H,6-12,15-17H2,1-5H3,(H,37,38)/b19-14-/t20-,21-,23+,24+,27-,29+,32+,33-/m1/s1. The molecule has 1 saturated carbocycles. The van der Waals surface area contributed by atoms with Crippen LogP contribution >= 0.6 is 0 Å². The van der Waals surface area contributed by atoms with Crippen LogP contribution in [-0.2, 0) is 15.9 Å². The van der Waals surface area contributed by atoms with Crippen molar-refractivity contribution < 1.29 is 44.5 Å². The number of aromatic carboxylic acids is 1. The van der Waals surface area contributed by atoms with E-state index < -0.39 is 52.7 Å². The molecular weight excluding hydrogens is 540 g/mol. The fraction of sp³-hybridized carbons (Fsp3) is 0.727. The van der Waals surface area contributed by atoms with Crippen molar-refractivity contribution in [3.8, 4) is 11.5 Å². The lowest BCUT2D eigenvalue weighted by molar-refractivity contribution is -0.256. The molecule has 42 heavy (non-hydrogen) atoms. The monoisotopic (exact) mass is 588 g/mol. The minimum atomic E-state index is -1.55. The number of fused-ring (bicyclic) bond motifs is 3. The van der Waals surface area contributed by atoms with Gasteiger partial charge in [-0.1, -0.05) is 59.0 Å². The van der Waals surface area contributed by atoms with Crippen molar-refractivity contribution in [3.05, 3.63) is 34.4 Å². The van der Waals surface area contributed by atoms with Gasteiger partial charge in [-0.2, -0.15) is 0 Å². The van der Waals surface area contributed by atoms with Gasteiger partial charge in [-0.3, -0.25) is 0 Å². The van der Waals surface area contributed by atoms with Gasteiger partial charge in [-0.15, -0.1) is 0 Å². The van der Waals surface area contributed by atoms with E-state index in [0.29, 0.717) is 24.0 Å². The topological polar surface area (TPSA) is 146 Å². The number of hydrogen-bond donors (Lipinski definition) is 5. The summed E-state index contributed by atoms with van der Waals surface area (Å²) in [7, 11) is 1.58. The number of aliphatic hydroxyl groups is 3. The van der Waals surface area contributed by atoms with Crippen LogP contribution in [0.25, 0.3) is 0 Å². The van der Waals surface area contributed by atoms with E-state index in [4.69, 9.17) is 14.2 Å². The highest BCUT2D eigenvalue weighted by Crippen LogP contribution is 2.62. The first-order chi connectivity index (χ1) is 19.8. The van der Waals surface area contributed by atoms with Gasteiger partial charge in [0.2, 0.25) is 0 Å². The second-order valence-corrected chi connectivity index (χ2v) is 13.8. The van der Waals surface area contributed by atoms with Crippen molar-refractivity contribution in [1.82, 2.24) is 0 Å². The van der Waals surface area contributed by atoms with E-state index in [1.807, 2.05) is 19.9 Å². The third-order valence-electron chi connectivity index (χ3n) is 10.7. The van der Waals surface area contributed by atoms with Gasteiger partial charge in [0.1, 0.15) is 28.3 Å². The van der Waals surface area contributed by atoms with Gasteiger partial charge in [0.15, 0.2) is 0 Å². The number of phenols is 1. The number of aliphatic hydroxyl groups excluding tert-OH is 2. The minimum Gasteiger partial charge on any atom is -0.507 e. The third kappa shape index (κ3) is 4.85. The van der Waals surface area contributed by atoms with Gasteiger partial charge < -0.3 is 39.7 Å². The lowest BCUT2D eigenvalue weighted by Gasteiger charge is -2.62. The van der Waals surface area contributed by atoms with Crippen LogP contribution in [0.1, 0.15) is 107 Å². The molecule has 2 aliphatic carbocycles. The molecule has 1 aromatic carbocycles. The molecule has 0 bridgehead atoms. The number of carbonyl (C=O) groups is 1. The van der Waals surface area contributed by atoms with Gasteiger partial charge >= 0.3 is 5.97 Å². The largest absolute Gasteiger partial charge is 0.507 e. The average Bonchev–Trinajstić information content (AvgIpc) is 2.94. The summed E-state index contributed by atoms with van der Waals surface area (Å²) < 4.78 is 19.5. The predicted octanol–water partition coefficient (Wildman–Crippen LogP) is 4.68. The van der Waals surface area contributed by atoms with Crippen LogP contribution in [0.5, 0.6) is 11.5 Å². The highest BCUT2D eigenvalue weighted by atomic mass is 16.5. The predicted molar refractivity (Wildman–Crippen MR) is 156 cm³/mol. The first-order valence-corrected chi connectivity index (χ1v) is 15.5. The summed E-state index contributed by atoms with van der Waals surface area (Å²) in [5.74, 6) is -2.67. The highest BCUT2D eigenvalue weighted by molar-refractivity contribution is 5.95. The number of carboxylic acids is 1. The number of hydrogen-bond acceptors (Lipinski definition) is 8. The molecular formula is C33H48O9. The van der Waals surface area contributed by atoms with E-state index in [9.17, 15) is 30.3 Å². The molecule has 0 radical (unpaired) electrons. The van der Waals surface area contributed by atoms with Crippen molar-refractivity contribution in [1.29, 1.82) is 0 Å². The van der Waals surface area contributed by atoms with Gasteiger partial charge in [0.05, 0.1) is 36.9 Å². The molecule has 0 spiro atoms. The average molecular weight is 589 g/mol. The van der Waals surface area contributed by atoms with E-state index >= 15 is 0 Å². The Kier molecular flexibility index (Phi) is 8.48. The van der Waals surface area contributed by atoms with Crippen LogP contribution in [0.2, 0.25) is 0 Å². The zero-order valence-electron chi connectivity index (χ0n) is 25.6. The van der Waals surface area contributed by atoms with Crippen molar-refractivity contribution >= 4 is 5.97 Å². The summed E-state index contributed by atoms with van der Waals surface area (Å²) in [5.41, 5.74) is -1.82. The molecule has 9 nitrogen and oxygen atoms in total. The van der Waals surface area contributed by atoms with Gasteiger partial charge in [-0.05, 0) is 48.8 Å². The number of unbranched alkanes of at least 4 members (excludes halogenated alkanes) is 4. The molecule has 2 aliphatic heterocycles. The second kappa shape index (κ2) is 11.4. The number of ether oxygens (including phenoxy) is 3. The Balaban J connectivity index is 1.65. The molecule has 0 aromatic heterocycles. The van der Waals surface area contributed by atoms with Gasteiger partial charge in [-0.25, -0.2) is 4.79 Å². The lowest BCUT2D eigenvalue weighted by atomic mass is 9.47. The zero-order valence-corrected chi connectivity index (χ0v) is 25.6. The van der Waals surface area contributed by atoms with Gasteiger partial charge in [0, 0.05) is 25.0 Å². The van der Waals surface area contributed by atoms with Crippen LogP contribution in [0, 0.1) is 17.3 Å². The number of carboxylic acid groups (broad SMARTS) is 1. The first-order valence-electron chi connectivity index (χ1n) is 15.5. The second-order valence-electron chi connectivity index (χ2n) is 13.8. The normalized spacial score (nSPS) is 37.8.